The molecule has 0 bridgehead atoms. The summed E-state index contributed by atoms with van der Waals surface area (Å²) in [6, 6.07) is 23.1. The molecule has 0 aliphatic rings. The van der Waals surface area contributed by atoms with E-state index in [1.807, 2.05) is 24.3 Å². The molecule has 2 N–H and O–H groups in total. The first kappa shape index (κ1) is 32.4. The van der Waals surface area contributed by atoms with Gasteiger partial charge >= 0.3 is 0 Å². The number of hydrogen-bond donors (Lipinski definition) is 2. The summed E-state index contributed by atoms with van der Waals surface area (Å²) in [5.41, 5.74) is 2.80. The SMILES string of the molecule is COc1ccc(CNCC(C(=O)C(CNCc2ccc(OC)cc2OC)c2cccc(F)c2)c2cccc(F)c2)c(OC)c1. The summed E-state index contributed by atoms with van der Waals surface area (Å²) >= 11 is 0. The molecule has 7 nitrogen and oxygen atoms in total. The van der Waals surface area contributed by atoms with Crippen LogP contribution in [0.3, 0.4) is 0 Å². The fraction of sp³-hybridized carbons (Fsp3) is 0.286. The summed E-state index contributed by atoms with van der Waals surface area (Å²) in [7, 11) is 6.32. The van der Waals surface area contributed by atoms with Gasteiger partial charge in [0.05, 0.1) is 40.3 Å². The van der Waals surface area contributed by atoms with Crippen molar-refractivity contribution in [2.24, 2.45) is 0 Å². The van der Waals surface area contributed by atoms with Gasteiger partial charge in [-0.1, -0.05) is 36.4 Å². The smallest absolute Gasteiger partial charge is 0.150 e. The van der Waals surface area contributed by atoms with Gasteiger partial charge in [-0.3, -0.25) is 4.79 Å². The van der Waals surface area contributed by atoms with Gasteiger partial charge in [0.15, 0.2) is 0 Å². The van der Waals surface area contributed by atoms with Crippen LogP contribution in [0.1, 0.15) is 34.1 Å². The third-order valence-corrected chi connectivity index (χ3v) is 7.51. The van der Waals surface area contributed by atoms with Gasteiger partial charge in [-0.15, -0.1) is 0 Å². The van der Waals surface area contributed by atoms with E-state index in [9.17, 15) is 13.6 Å². The van der Waals surface area contributed by atoms with Crippen LogP contribution in [0.2, 0.25) is 0 Å². The maximum Gasteiger partial charge on any atom is 0.150 e. The summed E-state index contributed by atoms with van der Waals surface area (Å²) < 4.78 is 50.4. The summed E-state index contributed by atoms with van der Waals surface area (Å²) in [5.74, 6) is 0.105. The number of hydrogen-bond acceptors (Lipinski definition) is 7. The highest BCUT2D eigenvalue weighted by Gasteiger charge is 2.30. The Hall–Kier alpha value is -4.47. The zero-order valence-corrected chi connectivity index (χ0v) is 25.4. The Labute approximate surface area is 257 Å². The van der Waals surface area contributed by atoms with Crippen molar-refractivity contribution in [3.8, 4) is 23.0 Å². The van der Waals surface area contributed by atoms with Gasteiger partial charge in [-0.25, -0.2) is 8.78 Å². The van der Waals surface area contributed by atoms with Crippen LogP contribution >= 0.6 is 0 Å². The number of benzene rings is 4. The van der Waals surface area contributed by atoms with Gasteiger partial charge in [0, 0.05) is 49.4 Å². The molecule has 0 amide bonds. The van der Waals surface area contributed by atoms with Crippen molar-refractivity contribution in [1.29, 1.82) is 0 Å². The standard InChI is InChI=1S/C35H38F2N2O5/c1-41-29-13-11-25(33(17-29)43-3)19-38-21-31(23-7-5-9-27(36)15-23)35(40)32(24-8-6-10-28(37)16-24)22-39-20-26-12-14-30(42-2)18-34(26)44-4/h5-18,31-32,38-39H,19-22H2,1-4H3. The topological polar surface area (TPSA) is 78.1 Å². The normalized spacial score (nSPS) is 12.3. The molecule has 0 aliphatic carbocycles. The van der Waals surface area contributed by atoms with Gasteiger partial charge in [-0.2, -0.15) is 0 Å². The third-order valence-electron chi connectivity index (χ3n) is 7.51. The third kappa shape index (κ3) is 8.33. The maximum atomic E-state index is 14.4. The average Bonchev–Trinajstić information content (AvgIpc) is 3.04. The number of carbonyl (C=O) groups excluding carboxylic acids is 1. The molecule has 0 aromatic heterocycles. The van der Waals surface area contributed by atoms with Crippen molar-refractivity contribution < 1.29 is 32.5 Å². The molecule has 0 saturated carbocycles. The van der Waals surface area contributed by atoms with Crippen LogP contribution < -0.4 is 29.6 Å². The van der Waals surface area contributed by atoms with Crippen molar-refractivity contribution in [2.45, 2.75) is 24.9 Å². The molecule has 2 atom stereocenters. The number of ether oxygens (including phenoxy) is 4. The predicted molar refractivity (Wildman–Crippen MR) is 166 cm³/mol. The molecule has 44 heavy (non-hydrogen) atoms. The second-order valence-electron chi connectivity index (χ2n) is 10.2. The molecule has 2 unspecified atom stereocenters. The zero-order valence-electron chi connectivity index (χ0n) is 25.4. The van der Waals surface area contributed by atoms with Crippen LogP contribution in [0.4, 0.5) is 8.78 Å². The number of ketones is 1. The Balaban J connectivity index is 1.59. The largest absolute Gasteiger partial charge is 0.497 e. The fourth-order valence-corrected chi connectivity index (χ4v) is 5.15. The van der Waals surface area contributed by atoms with E-state index in [0.29, 0.717) is 47.2 Å². The van der Waals surface area contributed by atoms with E-state index in [1.165, 1.54) is 24.3 Å². The summed E-state index contributed by atoms with van der Waals surface area (Å²) in [6.45, 7) is 1.23. The van der Waals surface area contributed by atoms with Gasteiger partial charge in [0.1, 0.15) is 40.4 Å². The van der Waals surface area contributed by atoms with Gasteiger partial charge in [0.25, 0.3) is 0 Å². The second kappa shape index (κ2) is 15.8. The van der Waals surface area contributed by atoms with E-state index < -0.39 is 23.5 Å². The number of Topliss-reactive ketones (excluding diaryl/α,β-unsaturated/α-hetero) is 1. The molecular weight excluding hydrogens is 566 g/mol. The number of halogens is 2. The highest BCUT2D eigenvalue weighted by molar-refractivity contribution is 5.92. The van der Waals surface area contributed by atoms with E-state index in [0.717, 1.165) is 11.1 Å². The van der Waals surface area contributed by atoms with Crippen LogP contribution in [-0.4, -0.2) is 47.3 Å². The lowest BCUT2D eigenvalue weighted by Crippen LogP contribution is -2.34. The highest BCUT2D eigenvalue weighted by atomic mass is 19.1. The number of carbonyl (C=O) groups is 1. The van der Waals surface area contributed by atoms with Crippen molar-refractivity contribution in [2.75, 3.05) is 41.5 Å². The Kier molecular flexibility index (Phi) is 11.7. The van der Waals surface area contributed by atoms with Crippen molar-refractivity contribution in [3.63, 3.8) is 0 Å². The minimum atomic E-state index is -0.722. The lowest BCUT2D eigenvalue weighted by molar-refractivity contribution is -0.121. The molecular formula is C35H38F2N2O5. The monoisotopic (exact) mass is 604 g/mol. The Morgan fingerprint density at radius 3 is 1.41 bits per heavy atom. The van der Waals surface area contributed by atoms with Crippen LogP contribution in [0.25, 0.3) is 0 Å². The van der Waals surface area contributed by atoms with E-state index in [4.69, 9.17) is 18.9 Å². The van der Waals surface area contributed by atoms with Gasteiger partial charge in [0.2, 0.25) is 0 Å². The predicted octanol–water partition coefficient (Wildman–Crippen LogP) is 6.02. The van der Waals surface area contributed by atoms with Crippen LogP contribution in [0.15, 0.2) is 84.9 Å². The summed E-state index contributed by atoms with van der Waals surface area (Å²) in [5, 5.41) is 6.70. The Morgan fingerprint density at radius 1 is 0.614 bits per heavy atom. The number of nitrogens with one attached hydrogen (secondary N) is 2. The van der Waals surface area contributed by atoms with E-state index in [-0.39, 0.29) is 18.9 Å². The molecule has 0 heterocycles. The first-order valence-electron chi connectivity index (χ1n) is 14.2. The fourth-order valence-electron chi connectivity index (χ4n) is 5.15. The maximum absolute atomic E-state index is 14.4. The van der Waals surface area contributed by atoms with E-state index in [2.05, 4.69) is 10.6 Å². The average molecular weight is 605 g/mol. The van der Waals surface area contributed by atoms with Crippen LogP contribution in [0.5, 0.6) is 23.0 Å². The quantitative estimate of drug-likeness (QED) is 0.162. The number of methoxy groups -OCH3 is 4. The van der Waals surface area contributed by atoms with Crippen molar-refractivity contribution in [1.82, 2.24) is 10.6 Å². The summed E-state index contributed by atoms with van der Waals surface area (Å²) in [6.07, 6.45) is 0. The molecule has 0 saturated heterocycles. The molecule has 4 aromatic carbocycles. The highest BCUT2D eigenvalue weighted by Crippen LogP contribution is 2.30. The minimum absolute atomic E-state index is 0.176. The minimum Gasteiger partial charge on any atom is -0.497 e. The lowest BCUT2D eigenvalue weighted by atomic mass is 9.83. The molecule has 0 aliphatic heterocycles. The molecule has 0 fully saturated rings. The van der Waals surface area contributed by atoms with E-state index in [1.54, 1.807) is 64.8 Å². The van der Waals surface area contributed by atoms with Gasteiger partial charge < -0.3 is 29.6 Å². The van der Waals surface area contributed by atoms with Crippen molar-refractivity contribution >= 4 is 5.78 Å². The Morgan fingerprint density at radius 2 is 1.05 bits per heavy atom. The van der Waals surface area contributed by atoms with Crippen molar-refractivity contribution in [3.05, 3.63) is 119 Å². The molecule has 4 rings (SSSR count). The van der Waals surface area contributed by atoms with E-state index >= 15 is 0 Å². The summed E-state index contributed by atoms with van der Waals surface area (Å²) in [4.78, 5) is 14.4. The lowest BCUT2D eigenvalue weighted by Gasteiger charge is -2.25. The second-order valence-corrected chi connectivity index (χ2v) is 10.2. The molecule has 0 radical (unpaired) electrons. The van der Waals surface area contributed by atoms with Crippen LogP contribution in [0, 0.1) is 11.6 Å². The first-order valence-corrected chi connectivity index (χ1v) is 14.2. The Bertz CT molecular complexity index is 1430. The van der Waals surface area contributed by atoms with Crippen LogP contribution in [-0.2, 0) is 17.9 Å². The number of rotatable bonds is 16. The molecule has 0 spiro atoms. The molecule has 232 valence electrons. The molecule has 9 heteroatoms. The first-order chi connectivity index (χ1) is 21.4. The zero-order chi connectivity index (χ0) is 31.5. The van der Waals surface area contributed by atoms with Gasteiger partial charge in [-0.05, 0) is 47.5 Å². The molecule has 4 aromatic rings.